The van der Waals surface area contributed by atoms with Gasteiger partial charge in [0, 0.05) is 30.0 Å². The number of imidazole rings is 1. The fourth-order valence-electron chi connectivity index (χ4n) is 1.90. The van der Waals surface area contributed by atoms with Crippen molar-refractivity contribution in [3.05, 3.63) is 34.7 Å². The average molecular weight is 452 g/mol. The highest BCUT2D eigenvalue weighted by Gasteiger charge is 2.04. The lowest BCUT2D eigenvalue weighted by Crippen LogP contribution is -2.37. The van der Waals surface area contributed by atoms with E-state index < -0.39 is 0 Å². The number of halogens is 2. The summed E-state index contributed by atoms with van der Waals surface area (Å²) in [6.45, 7) is 6.36. The van der Waals surface area contributed by atoms with Crippen LogP contribution in [0, 0.1) is 0 Å². The Balaban J connectivity index is 0.00000200. The van der Waals surface area contributed by atoms with Crippen molar-refractivity contribution in [3.8, 4) is 0 Å². The van der Waals surface area contributed by atoms with Crippen molar-refractivity contribution in [2.24, 2.45) is 10.7 Å². The van der Waals surface area contributed by atoms with E-state index in [0.717, 1.165) is 28.9 Å². The first-order valence-electron chi connectivity index (χ1n) is 6.32. The van der Waals surface area contributed by atoms with E-state index in [2.05, 4.69) is 39.8 Å². The maximum Gasteiger partial charge on any atom is 0.191 e. The zero-order chi connectivity index (χ0) is 13.8. The minimum absolute atomic E-state index is 0. The van der Waals surface area contributed by atoms with Crippen LogP contribution < -0.4 is 5.73 Å². The second-order valence-corrected chi connectivity index (χ2v) is 5.11. The van der Waals surface area contributed by atoms with E-state index in [9.17, 15) is 0 Å². The summed E-state index contributed by atoms with van der Waals surface area (Å²) in [5.74, 6) is 0.572. The number of guanidine groups is 1. The number of hydrogen-bond donors (Lipinski definition) is 1. The number of nitrogens with zero attached hydrogens (tertiary/aromatic N) is 4. The number of hydrogen-bond acceptors (Lipinski definition) is 2. The molecule has 0 fully saturated rings. The Hall–Kier alpha value is -0.830. The molecule has 7 heteroatoms. The van der Waals surface area contributed by atoms with Gasteiger partial charge in [0.2, 0.25) is 0 Å². The van der Waals surface area contributed by atoms with Gasteiger partial charge in [-0.05, 0) is 41.9 Å². The largest absolute Gasteiger partial charge is 0.370 e. The molecule has 0 unspecified atom stereocenters. The van der Waals surface area contributed by atoms with Gasteiger partial charge in [-0.25, -0.2) is 9.98 Å². The molecule has 0 atom stereocenters. The first-order valence-corrected chi connectivity index (χ1v) is 7.11. The molecule has 0 amide bonds. The maximum absolute atomic E-state index is 5.94. The van der Waals surface area contributed by atoms with Gasteiger partial charge in [0.15, 0.2) is 5.96 Å². The van der Waals surface area contributed by atoms with Crippen LogP contribution in [0.1, 0.15) is 19.5 Å². The predicted octanol–water partition coefficient (Wildman–Crippen LogP) is 2.87. The molecule has 110 valence electrons. The maximum atomic E-state index is 5.94. The van der Waals surface area contributed by atoms with Gasteiger partial charge in [-0.1, -0.05) is 0 Å². The lowest BCUT2D eigenvalue weighted by Gasteiger charge is -2.18. The van der Waals surface area contributed by atoms with Crippen LogP contribution in [0.25, 0.3) is 5.65 Å². The SMILES string of the molecule is CCN(CC)C(N)=NCc1cn2cc(Br)ccc2n1.I. The molecule has 20 heavy (non-hydrogen) atoms. The Bertz CT molecular complexity index is 591. The summed E-state index contributed by atoms with van der Waals surface area (Å²) < 4.78 is 3.00. The van der Waals surface area contributed by atoms with E-state index in [1.54, 1.807) is 0 Å². The Morgan fingerprint density at radius 2 is 2.05 bits per heavy atom. The van der Waals surface area contributed by atoms with Gasteiger partial charge in [0.05, 0.1) is 12.2 Å². The highest BCUT2D eigenvalue weighted by Crippen LogP contribution is 2.12. The van der Waals surface area contributed by atoms with Gasteiger partial charge in [-0.15, -0.1) is 24.0 Å². The zero-order valence-corrected chi connectivity index (χ0v) is 15.5. The standard InChI is InChI=1S/C13H18BrN5.HI/c1-3-18(4-2)13(15)16-7-11-9-19-8-10(14)5-6-12(19)17-11;/h5-6,8-9H,3-4,7H2,1-2H3,(H2,15,16);1H. The van der Waals surface area contributed by atoms with Crippen molar-refractivity contribution >= 4 is 51.5 Å². The van der Waals surface area contributed by atoms with E-state index in [0.29, 0.717) is 12.5 Å². The van der Waals surface area contributed by atoms with Gasteiger partial charge in [-0.3, -0.25) is 0 Å². The molecule has 0 radical (unpaired) electrons. The summed E-state index contributed by atoms with van der Waals surface area (Å²) in [5.41, 5.74) is 7.76. The highest BCUT2D eigenvalue weighted by atomic mass is 127. The minimum atomic E-state index is 0. The van der Waals surface area contributed by atoms with Crippen LogP contribution in [0.15, 0.2) is 34.0 Å². The third-order valence-corrected chi connectivity index (χ3v) is 3.42. The minimum Gasteiger partial charge on any atom is -0.370 e. The van der Waals surface area contributed by atoms with Gasteiger partial charge < -0.3 is 15.0 Å². The molecule has 0 aliphatic rings. The lowest BCUT2D eigenvalue weighted by atomic mass is 10.5. The Morgan fingerprint density at radius 1 is 1.35 bits per heavy atom. The number of aromatic nitrogens is 2. The smallest absolute Gasteiger partial charge is 0.191 e. The van der Waals surface area contributed by atoms with E-state index in [-0.39, 0.29) is 24.0 Å². The normalized spacial score (nSPS) is 11.4. The van der Waals surface area contributed by atoms with Gasteiger partial charge >= 0.3 is 0 Å². The van der Waals surface area contributed by atoms with E-state index in [1.807, 2.05) is 33.8 Å². The third-order valence-electron chi connectivity index (χ3n) is 2.96. The Labute approximate surface area is 144 Å². The van der Waals surface area contributed by atoms with Crippen LogP contribution in [0.5, 0.6) is 0 Å². The summed E-state index contributed by atoms with van der Waals surface area (Å²) >= 11 is 3.44. The summed E-state index contributed by atoms with van der Waals surface area (Å²) in [4.78, 5) is 10.9. The van der Waals surface area contributed by atoms with Gasteiger partial charge in [-0.2, -0.15) is 0 Å². The predicted molar refractivity (Wildman–Crippen MR) is 96.6 cm³/mol. The monoisotopic (exact) mass is 451 g/mol. The molecule has 0 saturated heterocycles. The van der Waals surface area contributed by atoms with E-state index >= 15 is 0 Å². The number of nitrogens with two attached hydrogens (primary N) is 1. The molecule has 0 saturated carbocycles. The van der Waals surface area contributed by atoms with Crippen LogP contribution in [-0.4, -0.2) is 33.3 Å². The Kier molecular flexibility index (Phi) is 6.74. The van der Waals surface area contributed by atoms with Crippen molar-refractivity contribution in [2.45, 2.75) is 20.4 Å². The Morgan fingerprint density at radius 3 is 2.70 bits per heavy atom. The van der Waals surface area contributed by atoms with Crippen LogP contribution in [0.2, 0.25) is 0 Å². The van der Waals surface area contributed by atoms with Crippen molar-refractivity contribution in [1.29, 1.82) is 0 Å². The molecule has 2 aromatic heterocycles. The molecule has 0 aliphatic carbocycles. The number of aliphatic imine (C=N–C) groups is 1. The number of fused-ring (bicyclic) bond motifs is 1. The quantitative estimate of drug-likeness (QED) is 0.441. The molecular formula is C13H19BrIN5. The van der Waals surface area contributed by atoms with Crippen molar-refractivity contribution in [1.82, 2.24) is 14.3 Å². The highest BCUT2D eigenvalue weighted by molar-refractivity contribution is 14.0. The van der Waals surface area contributed by atoms with Crippen LogP contribution in [-0.2, 0) is 6.54 Å². The summed E-state index contributed by atoms with van der Waals surface area (Å²) in [6, 6.07) is 3.94. The second-order valence-electron chi connectivity index (χ2n) is 4.19. The molecule has 5 nitrogen and oxygen atoms in total. The molecular weight excluding hydrogens is 433 g/mol. The molecule has 0 bridgehead atoms. The van der Waals surface area contributed by atoms with Crippen molar-refractivity contribution in [2.75, 3.05) is 13.1 Å². The topological polar surface area (TPSA) is 58.9 Å². The average Bonchev–Trinajstić information content (AvgIpc) is 2.79. The zero-order valence-electron chi connectivity index (χ0n) is 11.6. The fraction of sp³-hybridized carbons (Fsp3) is 0.385. The molecule has 0 aliphatic heterocycles. The first kappa shape index (κ1) is 17.2. The summed E-state index contributed by atoms with van der Waals surface area (Å²) in [7, 11) is 0. The number of rotatable bonds is 4. The lowest BCUT2D eigenvalue weighted by molar-refractivity contribution is 0.458. The van der Waals surface area contributed by atoms with Gasteiger partial charge in [0.25, 0.3) is 0 Å². The molecule has 2 heterocycles. The van der Waals surface area contributed by atoms with Crippen LogP contribution in [0.3, 0.4) is 0 Å². The fourth-order valence-corrected chi connectivity index (χ4v) is 2.26. The van der Waals surface area contributed by atoms with Gasteiger partial charge in [0.1, 0.15) is 5.65 Å². The van der Waals surface area contributed by atoms with Crippen LogP contribution in [0.4, 0.5) is 0 Å². The summed E-state index contributed by atoms with van der Waals surface area (Å²) in [5, 5.41) is 0. The number of pyridine rings is 1. The molecule has 2 N–H and O–H groups in total. The molecule has 0 spiro atoms. The third kappa shape index (κ3) is 4.08. The van der Waals surface area contributed by atoms with Crippen molar-refractivity contribution in [3.63, 3.8) is 0 Å². The first-order chi connectivity index (χ1) is 9.13. The van der Waals surface area contributed by atoms with E-state index in [4.69, 9.17) is 5.73 Å². The second kappa shape index (κ2) is 7.82. The van der Waals surface area contributed by atoms with Crippen LogP contribution >= 0.6 is 39.9 Å². The molecule has 0 aromatic carbocycles. The summed E-state index contributed by atoms with van der Waals surface area (Å²) in [6.07, 6.45) is 3.95. The van der Waals surface area contributed by atoms with E-state index in [1.165, 1.54) is 0 Å². The molecule has 2 rings (SSSR count). The molecule has 2 aromatic rings. The van der Waals surface area contributed by atoms with Crippen molar-refractivity contribution < 1.29 is 0 Å².